The Morgan fingerprint density at radius 3 is 2.33 bits per heavy atom. The molecule has 0 radical (unpaired) electrons. The zero-order chi connectivity index (χ0) is 22.0. The molecule has 0 saturated carbocycles. The predicted octanol–water partition coefficient (Wildman–Crippen LogP) is 4.19. The molecule has 8 heteroatoms. The van der Waals surface area contributed by atoms with Gasteiger partial charge in [0, 0.05) is 17.8 Å². The van der Waals surface area contributed by atoms with Crippen LogP contribution in [0, 0.1) is 10.1 Å². The summed E-state index contributed by atoms with van der Waals surface area (Å²) >= 11 is 0. The average Bonchev–Trinajstić information content (AvgIpc) is 2.69. The van der Waals surface area contributed by atoms with Gasteiger partial charge < -0.3 is 5.32 Å². The van der Waals surface area contributed by atoms with Gasteiger partial charge in [-0.15, -0.1) is 0 Å². The standard InChI is InChI=1S/C22H24N4O4/c1-13(2)16-6-5-7-17(14(3)4)21(16)24-20(27)11-25-12-23-19-10-15(26(29)30)8-9-18(19)22(25)28/h5-10,12-14H,11H2,1-4H3,(H,24,27). The lowest BCUT2D eigenvalue weighted by molar-refractivity contribution is -0.384. The second-order valence-electron chi connectivity index (χ2n) is 7.81. The number of anilines is 1. The summed E-state index contributed by atoms with van der Waals surface area (Å²) in [5.41, 5.74) is 2.50. The van der Waals surface area contributed by atoms with Crippen molar-refractivity contribution in [2.75, 3.05) is 5.32 Å². The third-order valence-electron chi connectivity index (χ3n) is 4.97. The van der Waals surface area contributed by atoms with Crippen LogP contribution in [-0.2, 0) is 11.3 Å². The van der Waals surface area contributed by atoms with E-state index in [1.165, 1.54) is 29.1 Å². The van der Waals surface area contributed by atoms with Crippen molar-refractivity contribution in [3.8, 4) is 0 Å². The van der Waals surface area contributed by atoms with E-state index in [0.29, 0.717) is 0 Å². The molecule has 0 atom stereocenters. The number of nitro groups is 1. The normalized spacial score (nSPS) is 11.3. The zero-order valence-electron chi connectivity index (χ0n) is 17.4. The van der Waals surface area contributed by atoms with E-state index in [1.54, 1.807) is 0 Å². The Labute approximate surface area is 173 Å². The Balaban J connectivity index is 1.91. The van der Waals surface area contributed by atoms with E-state index in [-0.39, 0.29) is 40.9 Å². The Hall–Kier alpha value is -3.55. The number of para-hydroxylation sites is 1. The molecule has 0 fully saturated rings. The summed E-state index contributed by atoms with van der Waals surface area (Å²) in [6.45, 7) is 8.04. The largest absolute Gasteiger partial charge is 0.324 e. The number of amides is 1. The fourth-order valence-corrected chi connectivity index (χ4v) is 3.40. The molecular formula is C22H24N4O4. The Bertz CT molecular complexity index is 1160. The van der Waals surface area contributed by atoms with Crippen molar-refractivity contribution >= 4 is 28.2 Å². The van der Waals surface area contributed by atoms with Crippen LogP contribution in [0.1, 0.15) is 50.7 Å². The van der Waals surface area contributed by atoms with Crippen molar-refractivity contribution in [1.82, 2.24) is 9.55 Å². The Morgan fingerprint density at radius 2 is 1.77 bits per heavy atom. The van der Waals surface area contributed by atoms with Crippen LogP contribution in [0.5, 0.6) is 0 Å². The lowest BCUT2D eigenvalue weighted by Gasteiger charge is -2.20. The Kier molecular flexibility index (Phi) is 5.96. The average molecular weight is 408 g/mol. The highest BCUT2D eigenvalue weighted by molar-refractivity contribution is 5.92. The highest BCUT2D eigenvalue weighted by Crippen LogP contribution is 2.32. The second kappa shape index (κ2) is 8.44. The maximum Gasteiger partial charge on any atom is 0.271 e. The molecule has 1 amide bonds. The van der Waals surface area contributed by atoms with Gasteiger partial charge in [0.05, 0.1) is 22.2 Å². The molecule has 0 saturated heterocycles. The summed E-state index contributed by atoms with van der Waals surface area (Å²) in [4.78, 5) is 40.0. The first-order valence-corrected chi connectivity index (χ1v) is 9.75. The number of non-ortho nitro benzene ring substituents is 1. The van der Waals surface area contributed by atoms with Crippen LogP contribution in [0.4, 0.5) is 11.4 Å². The summed E-state index contributed by atoms with van der Waals surface area (Å²) in [6, 6.07) is 9.82. The van der Waals surface area contributed by atoms with Gasteiger partial charge in [-0.3, -0.25) is 24.3 Å². The molecule has 1 aromatic heterocycles. The fraction of sp³-hybridized carbons (Fsp3) is 0.318. The van der Waals surface area contributed by atoms with Crippen molar-refractivity contribution < 1.29 is 9.72 Å². The van der Waals surface area contributed by atoms with E-state index in [0.717, 1.165) is 16.8 Å². The number of aromatic nitrogens is 2. The van der Waals surface area contributed by atoms with Gasteiger partial charge in [-0.05, 0) is 29.0 Å². The zero-order valence-corrected chi connectivity index (χ0v) is 17.4. The SMILES string of the molecule is CC(C)c1cccc(C(C)C)c1NC(=O)Cn1cnc2cc([N+](=O)[O-])ccc2c1=O. The van der Waals surface area contributed by atoms with Crippen molar-refractivity contribution in [3.63, 3.8) is 0 Å². The third kappa shape index (κ3) is 4.22. The first-order chi connectivity index (χ1) is 14.2. The maximum absolute atomic E-state index is 12.8. The van der Waals surface area contributed by atoms with E-state index in [1.807, 2.05) is 18.2 Å². The number of nitrogens with zero attached hydrogens (tertiary/aromatic N) is 3. The van der Waals surface area contributed by atoms with E-state index >= 15 is 0 Å². The van der Waals surface area contributed by atoms with Crippen LogP contribution in [0.3, 0.4) is 0 Å². The number of nitro benzene ring substituents is 1. The molecule has 0 aliphatic heterocycles. The van der Waals surface area contributed by atoms with Gasteiger partial charge in [-0.25, -0.2) is 4.98 Å². The number of carbonyl (C=O) groups excluding carboxylic acids is 1. The molecule has 156 valence electrons. The van der Waals surface area contributed by atoms with E-state index in [2.05, 4.69) is 38.0 Å². The molecule has 3 aromatic rings. The molecule has 8 nitrogen and oxygen atoms in total. The quantitative estimate of drug-likeness (QED) is 0.486. The molecule has 1 heterocycles. The van der Waals surface area contributed by atoms with Gasteiger partial charge in [0.15, 0.2) is 0 Å². The van der Waals surface area contributed by atoms with Crippen LogP contribution in [-0.4, -0.2) is 20.4 Å². The minimum atomic E-state index is -0.543. The number of benzene rings is 2. The number of fused-ring (bicyclic) bond motifs is 1. The van der Waals surface area contributed by atoms with Gasteiger partial charge in [0.25, 0.3) is 11.2 Å². The molecule has 0 bridgehead atoms. The Morgan fingerprint density at radius 1 is 1.13 bits per heavy atom. The van der Waals surface area contributed by atoms with Crippen molar-refractivity contribution in [2.24, 2.45) is 0 Å². The third-order valence-corrected chi connectivity index (χ3v) is 4.97. The molecule has 0 aliphatic carbocycles. The lowest BCUT2D eigenvalue weighted by Crippen LogP contribution is -2.28. The first-order valence-electron chi connectivity index (χ1n) is 9.75. The molecule has 0 unspecified atom stereocenters. The topological polar surface area (TPSA) is 107 Å². The van der Waals surface area contributed by atoms with Crippen LogP contribution >= 0.6 is 0 Å². The molecular weight excluding hydrogens is 384 g/mol. The fourth-order valence-electron chi connectivity index (χ4n) is 3.40. The molecule has 0 spiro atoms. The second-order valence-corrected chi connectivity index (χ2v) is 7.81. The van der Waals surface area contributed by atoms with Gasteiger partial charge >= 0.3 is 0 Å². The van der Waals surface area contributed by atoms with E-state index in [4.69, 9.17) is 0 Å². The van der Waals surface area contributed by atoms with Crippen LogP contribution in [0.25, 0.3) is 10.9 Å². The summed E-state index contributed by atoms with van der Waals surface area (Å²) in [6.07, 6.45) is 1.24. The van der Waals surface area contributed by atoms with E-state index < -0.39 is 10.5 Å². The van der Waals surface area contributed by atoms with Gasteiger partial charge in [0.1, 0.15) is 6.54 Å². The van der Waals surface area contributed by atoms with Gasteiger partial charge in [0.2, 0.25) is 5.91 Å². The molecule has 30 heavy (non-hydrogen) atoms. The summed E-state index contributed by atoms with van der Waals surface area (Å²) in [5, 5.41) is 14.1. The molecule has 0 aliphatic rings. The number of nitrogens with one attached hydrogen (secondary N) is 1. The number of hydrogen-bond donors (Lipinski definition) is 1. The molecule has 3 rings (SSSR count). The lowest BCUT2D eigenvalue weighted by atomic mass is 9.92. The summed E-state index contributed by atoms with van der Waals surface area (Å²) < 4.78 is 1.20. The van der Waals surface area contributed by atoms with Gasteiger partial charge in [-0.2, -0.15) is 0 Å². The monoisotopic (exact) mass is 408 g/mol. The van der Waals surface area contributed by atoms with E-state index in [9.17, 15) is 19.7 Å². The van der Waals surface area contributed by atoms with Crippen molar-refractivity contribution in [2.45, 2.75) is 46.1 Å². The minimum absolute atomic E-state index is 0.142. The number of hydrogen-bond acceptors (Lipinski definition) is 5. The van der Waals surface area contributed by atoms with Crippen molar-refractivity contribution in [3.05, 3.63) is 74.3 Å². The minimum Gasteiger partial charge on any atom is -0.324 e. The maximum atomic E-state index is 12.8. The first kappa shape index (κ1) is 21.2. The molecule has 1 N–H and O–H groups in total. The highest BCUT2D eigenvalue weighted by atomic mass is 16.6. The van der Waals surface area contributed by atoms with Gasteiger partial charge in [-0.1, -0.05) is 45.9 Å². The van der Waals surface area contributed by atoms with Crippen molar-refractivity contribution in [1.29, 1.82) is 0 Å². The molecule has 2 aromatic carbocycles. The smallest absolute Gasteiger partial charge is 0.271 e. The van der Waals surface area contributed by atoms with Crippen LogP contribution in [0.2, 0.25) is 0 Å². The number of rotatable bonds is 6. The summed E-state index contributed by atoms with van der Waals surface area (Å²) in [7, 11) is 0. The number of carbonyl (C=O) groups is 1. The highest BCUT2D eigenvalue weighted by Gasteiger charge is 2.17. The van der Waals surface area contributed by atoms with Crippen LogP contribution in [0.15, 0.2) is 47.5 Å². The predicted molar refractivity (Wildman–Crippen MR) is 116 cm³/mol. The van der Waals surface area contributed by atoms with Crippen LogP contribution < -0.4 is 10.9 Å². The summed E-state index contributed by atoms with van der Waals surface area (Å²) in [5.74, 6) is 0.106.